The van der Waals surface area contributed by atoms with Gasteiger partial charge in [-0.15, -0.1) is 0 Å². The van der Waals surface area contributed by atoms with Crippen LogP contribution in [-0.2, 0) is 0 Å². The van der Waals surface area contributed by atoms with Crippen LogP contribution in [0.4, 0.5) is 0 Å². The lowest BCUT2D eigenvalue weighted by molar-refractivity contribution is 0.0466. The van der Waals surface area contributed by atoms with Gasteiger partial charge in [0, 0.05) is 6.04 Å². The molecule has 0 spiro atoms. The van der Waals surface area contributed by atoms with Crippen LogP contribution in [0, 0.1) is 11.8 Å². The molecule has 0 amide bonds. The summed E-state index contributed by atoms with van der Waals surface area (Å²) in [6.07, 6.45) is 7.34. The predicted molar refractivity (Wildman–Crippen MR) is 60.4 cm³/mol. The number of rotatable bonds is 4. The molecule has 0 bridgehead atoms. The summed E-state index contributed by atoms with van der Waals surface area (Å²) in [5.74, 6) is 1.93. The average molecular weight is 196 g/mol. The van der Waals surface area contributed by atoms with Crippen molar-refractivity contribution >= 4 is 0 Å². The van der Waals surface area contributed by atoms with Crippen LogP contribution in [0.15, 0.2) is 0 Å². The highest BCUT2D eigenvalue weighted by Crippen LogP contribution is 2.37. The van der Waals surface area contributed by atoms with Crippen LogP contribution in [0.2, 0.25) is 0 Å². The summed E-state index contributed by atoms with van der Waals surface area (Å²) in [5, 5.41) is 3.39. The van der Waals surface area contributed by atoms with E-state index in [9.17, 15) is 0 Å². The molecule has 1 saturated carbocycles. The minimum Gasteiger partial charge on any atom is -0.319 e. The first-order valence-corrected chi connectivity index (χ1v) is 6.17. The highest BCUT2D eigenvalue weighted by molar-refractivity contribution is 4.91. The molecule has 0 aromatic carbocycles. The second-order valence-electron chi connectivity index (χ2n) is 5.10. The molecular weight excluding hydrogens is 172 g/mol. The molecule has 82 valence electrons. The summed E-state index contributed by atoms with van der Waals surface area (Å²) < 4.78 is 0. The predicted octanol–water partition coefficient (Wildman–Crippen LogP) is 1.72. The van der Waals surface area contributed by atoms with Gasteiger partial charge in [-0.05, 0) is 45.4 Å². The quantitative estimate of drug-likeness (QED) is 0.736. The van der Waals surface area contributed by atoms with Crippen molar-refractivity contribution in [1.82, 2.24) is 10.2 Å². The first kappa shape index (κ1) is 10.4. The fraction of sp³-hybridized carbons (Fsp3) is 1.00. The summed E-state index contributed by atoms with van der Waals surface area (Å²) in [7, 11) is 4.38. The van der Waals surface area contributed by atoms with Crippen LogP contribution in [0.3, 0.4) is 0 Å². The number of likely N-dealkylation sites (tertiary alicyclic amines) is 1. The minimum atomic E-state index is 0.880. The molecule has 2 unspecified atom stereocenters. The van der Waals surface area contributed by atoms with Crippen molar-refractivity contribution in [2.45, 2.75) is 38.1 Å². The summed E-state index contributed by atoms with van der Waals surface area (Å²) >= 11 is 0. The first-order valence-electron chi connectivity index (χ1n) is 6.17. The molecule has 2 nitrogen and oxygen atoms in total. The highest BCUT2D eigenvalue weighted by atomic mass is 15.2. The Bertz CT molecular complexity index is 173. The van der Waals surface area contributed by atoms with E-state index >= 15 is 0 Å². The zero-order valence-electron chi connectivity index (χ0n) is 9.63. The second kappa shape index (κ2) is 4.63. The summed E-state index contributed by atoms with van der Waals surface area (Å²) in [5.41, 5.74) is 0. The molecule has 0 aromatic heterocycles. The first-order chi connectivity index (χ1) is 6.83. The van der Waals surface area contributed by atoms with E-state index in [0.29, 0.717) is 0 Å². The molecule has 0 radical (unpaired) electrons. The monoisotopic (exact) mass is 196 g/mol. The van der Waals surface area contributed by atoms with Crippen molar-refractivity contribution < 1.29 is 0 Å². The summed E-state index contributed by atoms with van der Waals surface area (Å²) in [6, 6.07) is 0.880. The van der Waals surface area contributed by atoms with Crippen LogP contribution < -0.4 is 5.32 Å². The Hall–Kier alpha value is -0.0800. The third-order valence-electron chi connectivity index (χ3n) is 4.28. The molecule has 1 aliphatic heterocycles. The topological polar surface area (TPSA) is 15.3 Å². The molecule has 1 N–H and O–H groups in total. The number of nitrogens with one attached hydrogen (secondary N) is 1. The Morgan fingerprint density at radius 3 is 2.43 bits per heavy atom. The smallest absolute Gasteiger partial charge is 0.0147 e. The van der Waals surface area contributed by atoms with E-state index in [1.807, 2.05) is 0 Å². The molecule has 1 heterocycles. The zero-order chi connectivity index (χ0) is 9.97. The van der Waals surface area contributed by atoms with Crippen LogP contribution in [0.25, 0.3) is 0 Å². The Morgan fingerprint density at radius 2 is 2.00 bits per heavy atom. The molecule has 2 atom stereocenters. The highest BCUT2D eigenvalue weighted by Gasteiger charge is 2.37. The van der Waals surface area contributed by atoms with Gasteiger partial charge in [-0.25, -0.2) is 0 Å². The Labute approximate surface area is 88.1 Å². The third-order valence-corrected chi connectivity index (χ3v) is 4.28. The minimum absolute atomic E-state index is 0.880. The van der Waals surface area contributed by atoms with E-state index in [2.05, 4.69) is 24.3 Å². The van der Waals surface area contributed by atoms with Crippen LogP contribution in [-0.4, -0.2) is 38.1 Å². The maximum atomic E-state index is 3.39. The zero-order valence-corrected chi connectivity index (χ0v) is 9.63. The van der Waals surface area contributed by atoms with E-state index in [4.69, 9.17) is 0 Å². The van der Waals surface area contributed by atoms with Crippen LogP contribution in [0.5, 0.6) is 0 Å². The van der Waals surface area contributed by atoms with Gasteiger partial charge < -0.3 is 10.2 Å². The lowest BCUT2D eigenvalue weighted by Gasteiger charge is -2.45. The number of hydrogen-bond acceptors (Lipinski definition) is 2. The number of nitrogens with zero attached hydrogens (tertiary/aromatic N) is 1. The van der Waals surface area contributed by atoms with E-state index in [0.717, 1.165) is 17.9 Å². The van der Waals surface area contributed by atoms with Gasteiger partial charge in [0.25, 0.3) is 0 Å². The SMILES string of the molecule is CNCC(C1CCCC1)C1CCN1C. The standard InChI is InChI=1S/C12H24N2/c1-13-9-11(10-5-3-4-6-10)12-7-8-14(12)2/h10-13H,3-9H2,1-2H3. The lowest BCUT2D eigenvalue weighted by atomic mass is 9.79. The van der Waals surface area contributed by atoms with Crippen molar-refractivity contribution in [3.63, 3.8) is 0 Å². The van der Waals surface area contributed by atoms with E-state index in [1.165, 1.54) is 45.2 Å². The third kappa shape index (κ3) is 1.96. The normalized spacial score (nSPS) is 31.7. The van der Waals surface area contributed by atoms with Gasteiger partial charge in [0.2, 0.25) is 0 Å². The lowest BCUT2D eigenvalue weighted by Crippen LogP contribution is -2.53. The maximum Gasteiger partial charge on any atom is 0.0147 e. The molecule has 14 heavy (non-hydrogen) atoms. The van der Waals surface area contributed by atoms with Crippen LogP contribution >= 0.6 is 0 Å². The van der Waals surface area contributed by atoms with Crippen molar-refractivity contribution in [3.8, 4) is 0 Å². The van der Waals surface area contributed by atoms with Gasteiger partial charge in [0.1, 0.15) is 0 Å². The maximum absolute atomic E-state index is 3.39. The van der Waals surface area contributed by atoms with Gasteiger partial charge in [-0.1, -0.05) is 25.7 Å². The van der Waals surface area contributed by atoms with Crippen molar-refractivity contribution in [2.24, 2.45) is 11.8 Å². The Balaban J connectivity index is 1.91. The fourth-order valence-electron chi connectivity index (χ4n) is 3.32. The van der Waals surface area contributed by atoms with Crippen molar-refractivity contribution in [1.29, 1.82) is 0 Å². The molecular formula is C12H24N2. The van der Waals surface area contributed by atoms with Gasteiger partial charge in [0.15, 0.2) is 0 Å². The average Bonchev–Trinajstić information content (AvgIpc) is 2.67. The Kier molecular flexibility index (Phi) is 3.45. The fourth-order valence-corrected chi connectivity index (χ4v) is 3.32. The number of hydrogen-bond donors (Lipinski definition) is 1. The molecule has 1 aliphatic carbocycles. The van der Waals surface area contributed by atoms with Gasteiger partial charge >= 0.3 is 0 Å². The summed E-state index contributed by atoms with van der Waals surface area (Å²) in [4.78, 5) is 2.54. The van der Waals surface area contributed by atoms with E-state index in [1.54, 1.807) is 0 Å². The van der Waals surface area contributed by atoms with Gasteiger partial charge in [-0.2, -0.15) is 0 Å². The van der Waals surface area contributed by atoms with E-state index < -0.39 is 0 Å². The molecule has 1 saturated heterocycles. The van der Waals surface area contributed by atoms with Crippen LogP contribution in [0.1, 0.15) is 32.1 Å². The van der Waals surface area contributed by atoms with Gasteiger partial charge in [-0.3, -0.25) is 0 Å². The molecule has 2 aliphatic rings. The van der Waals surface area contributed by atoms with Crippen molar-refractivity contribution in [3.05, 3.63) is 0 Å². The Morgan fingerprint density at radius 1 is 1.29 bits per heavy atom. The molecule has 2 rings (SSSR count). The molecule has 2 heteroatoms. The molecule has 2 fully saturated rings. The van der Waals surface area contributed by atoms with Gasteiger partial charge in [0.05, 0.1) is 0 Å². The second-order valence-corrected chi connectivity index (χ2v) is 5.10. The van der Waals surface area contributed by atoms with E-state index in [-0.39, 0.29) is 0 Å². The van der Waals surface area contributed by atoms with Crippen molar-refractivity contribution in [2.75, 3.05) is 27.2 Å². The molecule has 0 aromatic rings. The largest absolute Gasteiger partial charge is 0.319 e. The summed E-state index contributed by atoms with van der Waals surface area (Å²) in [6.45, 7) is 2.54.